The third-order valence-electron chi connectivity index (χ3n) is 5.79. The van der Waals surface area contributed by atoms with Gasteiger partial charge >= 0.3 is 5.51 Å². The summed E-state index contributed by atoms with van der Waals surface area (Å²) in [5, 5.41) is 2.10. The molecule has 1 aromatic heterocycles. The van der Waals surface area contributed by atoms with Crippen LogP contribution in [0.3, 0.4) is 0 Å². The van der Waals surface area contributed by atoms with Crippen LogP contribution in [-0.2, 0) is 21.5 Å². The molecule has 0 amide bonds. The number of halogens is 3. The number of allylic oxidation sites excluding steroid dienone is 3. The molecule has 13 heteroatoms. The minimum Gasteiger partial charge on any atom is -0.741 e. The number of nitrogens with zero attached hydrogens (tertiary/aromatic N) is 2. The van der Waals surface area contributed by atoms with Crippen molar-refractivity contribution in [3.63, 3.8) is 0 Å². The number of thioether (sulfide) groups is 1. The second kappa shape index (κ2) is 10.6. The molecule has 200 valence electrons. The van der Waals surface area contributed by atoms with Crippen LogP contribution in [0.4, 0.5) is 18.9 Å². The van der Waals surface area contributed by atoms with Crippen LogP contribution in [0, 0.1) is 0 Å². The van der Waals surface area contributed by atoms with Crippen molar-refractivity contribution >= 4 is 61.0 Å². The van der Waals surface area contributed by atoms with Crippen molar-refractivity contribution in [1.82, 2.24) is 0 Å². The van der Waals surface area contributed by atoms with E-state index in [0.29, 0.717) is 16.8 Å². The maximum absolute atomic E-state index is 13.0. The van der Waals surface area contributed by atoms with Crippen LogP contribution in [0.15, 0.2) is 81.4 Å². The lowest BCUT2D eigenvalue weighted by Gasteiger charge is -2.23. The number of ketones is 1. The van der Waals surface area contributed by atoms with Gasteiger partial charge in [-0.3, -0.25) is 4.79 Å². The van der Waals surface area contributed by atoms with E-state index >= 15 is 0 Å². The van der Waals surface area contributed by atoms with Gasteiger partial charge in [-0.2, -0.15) is 17.7 Å². The molecule has 2 heterocycles. The summed E-state index contributed by atoms with van der Waals surface area (Å²) in [5.74, 6) is 0.0210. The minimum atomic E-state index is -6.09. The molecule has 0 spiro atoms. The van der Waals surface area contributed by atoms with Gasteiger partial charge < -0.3 is 15.2 Å². The van der Waals surface area contributed by atoms with Crippen molar-refractivity contribution in [1.29, 1.82) is 0 Å². The molecule has 0 radical (unpaired) electrons. The van der Waals surface area contributed by atoms with Crippen LogP contribution in [0.25, 0.3) is 16.3 Å². The highest BCUT2D eigenvalue weighted by Gasteiger charge is 2.37. The highest BCUT2D eigenvalue weighted by atomic mass is 32.2. The van der Waals surface area contributed by atoms with E-state index in [1.54, 1.807) is 23.1 Å². The van der Waals surface area contributed by atoms with Crippen molar-refractivity contribution in [2.75, 3.05) is 11.4 Å². The number of benzene rings is 2. The van der Waals surface area contributed by atoms with E-state index in [4.69, 9.17) is 18.7 Å². The Morgan fingerprint density at radius 2 is 1.71 bits per heavy atom. The first-order chi connectivity index (χ1) is 17.9. The van der Waals surface area contributed by atoms with E-state index in [9.17, 15) is 18.0 Å². The Morgan fingerprint density at radius 3 is 2.32 bits per heavy atom. The summed E-state index contributed by atoms with van der Waals surface area (Å²) in [6, 6.07) is 16.6. The predicted molar refractivity (Wildman–Crippen MR) is 141 cm³/mol. The number of carbonyl (C=O) groups excluding carboxylic acids is 1. The van der Waals surface area contributed by atoms with Crippen molar-refractivity contribution in [3.8, 4) is 0 Å². The second-order valence-electron chi connectivity index (χ2n) is 8.06. The van der Waals surface area contributed by atoms with Crippen molar-refractivity contribution in [3.05, 3.63) is 81.5 Å². The van der Waals surface area contributed by atoms with Gasteiger partial charge in [-0.25, -0.2) is 8.42 Å². The Labute approximate surface area is 225 Å². The Morgan fingerprint density at radius 1 is 1.08 bits per heavy atom. The zero-order valence-electron chi connectivity index (χ0n) is 20.2. The Balaban J connectivity index is 0.000000368. The number of hydrogen-bond acceptors (Lipinski definition) is 8. The predicted octanol–water partition coefficient (Wildman–Crippen LogP) is 4.91. The number of fused-ring (bicyclic) bond motifs is 2. The number of thiazole rings is 1. The molecule has 5 rings (SSSR count). The van der Waals surface area contributed by atoms with Gasteiger partial charge in [0.1, 0.15) is 11.2 Å². The van der Waals surface area contributed by atoms with E-state index in [1.165, 1.54) is 20.8 Å². The van der Waals surface area contributed by atoms with Crippen LogP contribution >= 0.6 is 23.1 Å². The molecule has 0 saturated carbocycles. The maximum Gasteiger partial charge on any atom is 0.485 e. The number of alkyl halides is 3. The van der Waals surface area contributed by atoms with E-state index < -0.39 is 15.6 Å². The molecule has 3 aromatic rings. The summed E-state index contributed by atoms with van der Waals surface area (Å²) in [6.07, 6.45) is 3.89. The molecule has 1 aliphatic carbocycles. The lowest BCUT2D eigenvalue weighted by molar-refractivity contribution is -0.665. The number of Topliss-reactive ketones (excluding diaryl/α,β-unsaturated/α-hetero) is 1. The number of aromatic nitrogens is 1. The normalized spacial score (nSPS) is 17.6. The van der Waals surface area contributed by atoms with Crippen molar-refractivity contribution < 1.29 is 35.5 Å². The molecule has 0 fully saturated rings. The molecular weight excluding hydrogens is 559 g/mol. The van der Waals surface area contributed by atoms with Crippen LogP contribution < -0.4 is 15.2 Å². The summed E-state index contributed by atoms with van der Waals surface area (Å²) in [5.41, 5.74) is 4.91. The number of nitrogens with two attached hydrogens (primary N) is 1. The maximum atomic E-state index is 13.0. The van der Waals surface area contributed by atoms with Gasteiger partial charge in [0.05, 0.1) is 22.0 Å². The SMILES string of the molecule is CCN1C(=CC2=C(N)C(=Cc3sc4ccccc4[n+]3CC)C2=O)Sc2ccccc21.O=S(=O)([O-])C(F)(F)F. The van der Waals surface area contributed by atoms with E-state index in [2.05, 4.69) is 47.6 Å². The first-order valence-electron chi connectivity index (χ1n) is 11.3. The van der Waals surface area contributed by atoms with Crippen molar-refractivity contribution in [2.45, 2.75) is 30.8 Å². The highest BCUT2D eigenvalue weighted by molar-refractivity contribution is 8.03. The fourth-order valence-corrected chi connectivity index (χ4v) is 6.32. The number of hydrogen-bond donors (Lipinski definition) is 1. The second-order valence-corrected chi connectivity index (χ2v) is 11.6. The Hall–Kier alpha value is -3.13. The van der Waals surface area contributed by atoms with Gasteiger partial charge in [0.25, 0.3) is 5.01 Å². The zero-order chi connectivity index (χ0) is 27.8. The van der Waals surface area contributed by atoms with Crippen molar-refractivity contribution in [2.24, 2.45) is 5.73 Å². The topological polar surface area (TPSA) is 107 Å². The standard InChI is InChI=1S/C24H21N3OS2.CHF3O3S/c1-3-26-17-9-5-7-11-19(17)29-21(26)13-15-23(25)16(24(15)28)14-22-27(4-2)18-10-6-8-12-20(18)30-22;2-1(3,4)8(5,6)7/h5-14H,3-4H2,1-2H3,(H-,25,28);(H,5,6,7). The van der Waals surface area contributed by atoms with E-state index in [0.717, 1.165) is 23.1 Å². The number of rotatable bonds is 4. The molecule has 2 N–H and O–H groups in total. The largest absolute Gasteiger partial charge is 0.741 e. The monoisotopic (exact) mass is 581 g/mol. The molecule has 0 atom stereocenters. The molecule has 7 nitrogen and oxygen atoms in total. The molecule has 1 aliphatic heterocycles. The first-order valence-corrected chi connectivity index (χ1v) is 14.4. The van der Waals surface area contributed by atoms with Crippen LogP contribution in [-0.4, -0.2) is 30.8 Å². The third kappa shape index (κ3) is 5.23. The first kappa shape index (κ1) is 27.9. The molecule has 2 aromatic carbocycles. The lowest BCUT2D eigenvalue weighted by atomic mass is 9.86. The van der Waals surface area contributed by atoms with E-state index in [-0.39, 0.29) is 5.78 Å². The highest BCUT2D eigenvalue weighted by Crippen LogP contribution is 2.47. The van der Waals surface area contributed by atoms with Gasteiger partial charge in [-0.05, 0) is 38.1 Å². The number of anilines is 1. The number of aryl methyl sites for hydroxylation is 1. The third-order valence-corrected chi connectivity index (χ3v) is 8.59. The Kier molecular flexibility index (Phi) is 7.75. The van der Waals surface area contributed by atoms with Gasteiger partial charge in [0.15, 0.2) is 15.9 Å². The van der Waals surface area contributed by atoms with Crippen LogP contribution in [0.5, 0.6) is 0 Å². The van der Waals surface area contributed by atoms with Crippen LogP contribution in [0.2, 0.25) is 0 Å². The summed E-state index contributed by atoms with van der Waals surface area (Å²) < 4.78 is 62.3. The van der Waals surface area contributed by atoms with Crippen LogP contribution in [0.1, 0.15) is 18.9 Å². The molecule has 2 aliphatic rings. The summed E-state index contributed by atoms with van der Waals surface area (Å²) in [4.78, 5) is 16.4. The minimum absolute atomic E-state index is 0.0210. The van der Waals surface area contributed by atoms with E-state index in [1.807, 2.05) is 36.4 Å². The lowest BCUT2D eigenvalue weighted by Crippen LogP contribution is -2.34. The average Bonchev–Trinajstić information content (AvgIpc) is 3.41. The fraction of sp³-hybridized carbons (Fsp3) is 0.200. The Bertz CT molecular complexity index is 1620. The van der Waals surface area contributed by atoms with Gasteiger partial charge in [-0.15, -0.1) is 0 Å². The molecule has 38 heavy (non-hydrogen) atoms. The van der Waals surface area contributed by atoms with Gasteiger partial charge in [0, 0.05) is 29.2 Å². The van der Waals surface area contributed by atoms with Gasteiger partial charge in [0.2, 0.25) is 5.52 Å². The summed E-state index contributed by atoms with van der Waals surface area (Å²) >= 11 is 3.38. The van der Waals surface area contributed by atoms with Gasteiger partial charge in [-0.1, -0.05) is 47.4 Å². The number of para-hydroxylation sites is 2. The summed E-state index contributed by atoms with van der Waals surface area (Å²) in [6.45, 7) is 5.93. The smallest absolute Gasteiger partial charge is 0.485 e. The number of carbonyl (C=O) groups is 1. The molecular formula is C25H22F3N3O4S3. The summed E-state index contributed by atoms with van der Waals surface area (Å²) in [7, 11) is -6.09. The zero-order valence-corrected chi connectivity index (χ0v) is 22.6. The average molecular weight is 582 g/mol. The fourth-order valence-electron chi connectivity index (χ4n) is 3.98. The molecule has 0 unspecified atom stereocenters. The quantitative estimate of drug-likeness (QED) is 0.202. The molecule has 0 bridgehead atoms. The molecule has 0 saturated heterocycles.